The van der Waals surface area contributed by atoms with Crippen molar-refractivity contribution in [3.63, 3.8) is 0 Å². The Morgan fingerprint density at radius 3 is 2.20 bits per heavy atom. The Kier molecular flexibility index (Phi) is 6.05. The van der Waals surface area contributed by atoms with Crippen LogP contribution in [0.5, 0.6) is 0 Å². The summed E-state index contributed by atoms with van der Waals surface area (Å²) in [6, 6.07) is -0.198. The van der Waals surface area contributed by atoms with Gasteiger partial charge in [-0.1, -0.05) is 0 Å². The van der Waals surface area contributed by atoms with E-state index >= 15 is 0 Å². The van der Waals surface area contributed by atoms with Crippen molar-refractivity contribution in [2.75, 3.05) is 6.54 Å². The SMILES string of the molecule is CC(C)NS(=O)(=O)NC(CN)C1CC1.Cl. The van der Waals surface area contributed by atoms with E-state index in [4.69, 9.17) is 5.73 Å². The molecule has 1 fully saturated rings. The van der Waals surface area contributed by atoms with Gasteiger partial charge < -0.3 is 5.73 Å². The van der Waals surface area contributed by atoms with Gasteiger partial charge in [0, 0.05) is 18.6 Å². The van der Waals surface area contributed by atoms with E-state index in [1.165, 1.54) is 0 Å². The summed E-state index contributed by atoms with van der Waals surface area (Å²) < 4.78 is 28.0. The molecule has 0 spiro atoms. The van der Waals surface area contributed by atoms with E-state index in [1.807, 2.05) is 0 Å². The number of hydrogen-bond donors (Lipinski definition) is 3. The van der Waals surface area contributed by atoms with Gasteiger partial charge in [0.2, 0.25) is 0 Å². The van der Waals surface area contributed by atoms with Gasteiger partial charge in [-0.3, -0.25) is 0 Å². The van der Waals surface area contributed by atoms with Gasteiger partial charge in [-0.05, 0) is 32.6 Å². The van der Waals surface area contributed by atoms with Crippen molar-refractivity contribution < 1.29 is 8.42 Å². The number of nitrogens with two attached hydrogens (primary N) is 1. The third-order valence-corrected chi connectivity index (χ3v) is 3.54. The average Bonchev–Trinajstić information content (AvgIpc) is 2.79. The molecular weight excluding hydrogens is 238 g/mol. The van der Waals surface area contributed by atoms with Crippen LogP contribution in [0, 0.1) is 5.92 Å². The van der Waals surface area contributed by atoms with Crippen LogP contribution in [0.4, 0.5) is 0 Å². The molecule has 1 aliphatic rings. The Morgan fingerprint density at radius 2 is 1.87 bits per heavy atom. The van der Waals surface area contributed by atoms with Crippen LogP contribution in [0.25, 0.3) is 0 Å². The smallest absolute Gasteiger partial charge is 0.277 e. The topological polar surface area (TPSA) is 84.2 Å². The molecule has 0 bridgehead atoms. The van der Waals surface area contributed by atoms with Crippen LogP contribution in [-0.4, -0.2) is 27.0 Å². The van der Waals surface area contributed by atoms with Gasteiger partial charge in [-0.25, -0.2) is 0 Å². The van der Waals surface area contributed by atoms with E-state index in [-0.39, 0.29) is 24.5 Å². The van der Waals surface area contributed by atoms with Crippen LogP contribution in [0.1, 0.15) is 26.7 Å². The number of halogens is 1. The third-order valence-electron chi connectivity index (χ3n) is 2.14. The standard InChI is InChI=1S/C8H19N3O2S.ClH/c1-6(2)10-14(12,13)11-8(5-9)7-3-4-7;/h6-8,10-11H,3-5,9H2,1-2H3;1H. The lowest BCUT2D eigenvalue weighted by Crippen LogP contribution is -2.48. The zero-order chi connectivity index (χ0) is 10.8. The molecule has 15 heavy (non-hydrogen) atoms. The Bertz CT molecular complexity index is 278. The van der Waals surface area contributed by atoms with Crippen molar-refractivity contribution in [3.8, 4) is 0 Å². The minimum absolute atomic E-state index is 0. The lowest BCUT2D eigenvalue weighted by atomic mass is 10.2. The van der Waals surface area contributed by atoms with Crippen LogP contribution in [-0.2, 0) is 10.2 Å². The molecule has 5 nitrogen and oxygen atoms in total. The highest BCUT2D eigenvalue weighted by Crippen LogP contribution is 2.32. The molecule has 0 saturated heterocycles. The molecule has 0 radical (unpaired) electrons. The van der Waals surface area contributed by atoms with E-state index in [2.05, 4.69) is 9.44 Å². The summed E-state index contributed by atoms with van der Waals surface area (Å²) >= 11 is 0. The monoisotopic (exact) mass is 257 g/mol. The normalized spacial score (nSPS) is 18.7. The molecule has 0 aromatic heterocycles. The van der Waals surface area contributed by atoms with Crippen molar-refractivity contribution in [2.45, 2.75) is 38.8 Å². The van der Waals surface area contributed by atoms with Crippen molar-refractivity contribution >= 4 is 22.6 Å². The molecule has 0 heterocycles. The Hall–Kier alpha value is 0.120. The van der Waals surface area contributed by atoms with E-state index in [9.17, 15) is 8.42 Å². The van der Waals surface area contributed by atoms with Gasteiger partial charge in [0.25, 0.3) is 10.2 Å². The molecule has 0 aromatic carbocycles. The van der Waals surface area contributed by atoms with E-state index < -0.39 is 10.2 Å². The average molecular weight is 258 g/mol. The maximum absolute atomic E-state index is 11.5. The van der Waals surface area contributed by atoms with Gasteiger partial charge in [0.15, 0.2) is 0 Å². The number of rotatable bonds is 6. The van der Waals surface area contributed by atoms with Gasteiger partial charge >= 0.3 is 0 Å². The van der Waals surface area contributed by atoms with Crippen molar-refractivity contribution in [1.29, 1.82) is 0 Å². The fraction of sp³-hybridized carbons (Fsp3) is 1.00. The summed E-state index contributed by atoms with van der Waals surface area (Å²) in [7, 11) is -3.38. The molecule has 1 saturated carbocycles. The first kappa shape index (κ1) is 15.1. The highest BCUT2D eigenvalue weighted by Gasteiger charge is 2.32. The highest BCUT2D eigenvalue weighted by molar-refractivity contribution is 7.87. The fourth-order valence-electron chi connectivity index (χ4n) is 1.38. The second-order valence-electron chi connectivity index (χ2n) is 4.07. The first-order chi connectivity index (χ1) is 6.44. The summed E-state index contributed by atoms with van der Waals surface area (Å²) in [4.78, 5) is 0. The lowest BCUT2D eigenvalue weighted by molar-refractivity contribution is 0.504. The maximum atomic E-state index is 11.5. The molecule has 1 atom stereocenters. The summed E-state index contributed by atoms with van der Waals surface area (Å²) in [5, 5.41) is 0. The quantitative estimate of drug-likeness (QED) is 0.625. The van der Waals surface area contributed by atoms with E-state index in [0.717, 1.165) is 12.8 Å². The predicted octanol–water partition coefficient (Wildman–Crippen LogP) is -0.0221. The molecular formula is C8H20ClN3O2S. The predicted molar refractivity (Wildman–Crippen MR) is 63.1 cm³/mol. The Labute approximate surface area is 97.8 Å². The molecule has 1 unspecified atom stereocenters. The fourth-order valence-corrected chi connectivity index (χ4v) is 2.75. The van der Waals surface area contributed by atoms with Crippen molar-refractivity contribution in [3.05, 3.63) is 0 Å². The minimum atomic E-state index is -3.38. The third kappa shape index (κ3) is 5.67. The minimum Gasteiger partial charge on any atom is -0.329 e. The number of nitrogens with one attached hydrogen (secondary N) is 2. The first-order valence-corrected chi connectivity index (χ1v) is 6.42. The second kappa shape index (κ2) is 6.00. The summed E-state index contributed by atoms with van der Waals surface area (Å²) in [6.07, 6.45) is 2.15. The van der Waals surface area contributed by atoms with Crippen LogP contribution in [0.3, 0.4) is 0 Å². The zero-order valence-corrected chi connectivity index (χ0v) is 10.7. The van der Waals surface area contributed by atoms with Crippen LogP contribution >= 0.6 is 12.4 Å². The summed E-state index contributed by atoms with van der Waals surface area (Å²) in [5.74, 6) is 0.434. The first-order valence-electron chi connectivity index (χ1n) is 4.94. The van der Waals surface area contributed by atoms with Gasteiger partial charge in [0.1, 0.15) is 0 Å². The lowest BCUT2D eigenvalue weighted by Gasteiger charge is -2.17. The molecule has 0 aromatic rings. The van der Waals surface area contributed by atoms with Crippen LogP contribution in [0.2, 0.25) is 0 Å². The van der Waals surface area contributed by atoms with Crippen LogP contribution in [0.15, 0.2) is 0 Å². The molecule has 4 N–H and O–H groups in total. The molecule has 92 valence electrons. The zero-order valence-electron chi connectivity index (χ0n) is 9.06. The van der Waals surface area contributed by atoms with Gasteiger partial charge in [0.05, 0.1) is 0 Å². The Morgan fingerprint density at radius 1 is 1.33 bits per heavy atom. The summed E-state index contributed by atoms with van der Waals surface area (Å²) in [5.41, 5.74) is 5.50. The maximum Gasteiger partial charge on any atom is 0.277 e. The molecule has 1 rings (SSSR count). The Balaban J connectivity index is 0.00000196. The highest BCUT2D eigenvalue weighted by atomic mass is 35.5. The number of hydrogen-bond acceptors (Lipinski definition) is 3. The van der Waals surface area contributed by atoms with E-state index in [0.29, 0.717) is 12.5 Å². The molecule has 0 amide bonds. The second-order valence-corrected chi connectivity index (χ2v) is 5.55. The van der Waals surface area contributed by atoms with Gasteiger partial charge in [-0.15, -0.1) is 12.4 Å². The molecule has 7 heteroatoms. The van der Waals surface area contributed by atoms with Crippen molar-refractivity contribution in [1.82, 2.24) is 9.44 Å². The van der Waals surface area contributed by atoms with Gasteiger partial charge in [-0.2, -0.15) is 17.9 Å². The molecule has 0 aliphatic heterocycles. The molecule has 1 aliphatic carbocycles. The van der Waals surface area contributed by atoms with Crippen molar-refractivity contribution in [2.24, 2.45) is 11.7 Å². The van der Waals surface area contributed by atoms with Crippen LogP contribution < -0.4 is 15.2 Å². The summed E-state index contributed by atoms with van der Waals surface area (Å²) in [6.45, 7) is 3.94. The van der Waals surface area contributed by atoms with E-state index in [1.54, 1.807) is 13.8 Å². The largest absolute Gasteiger partial charge is 0.329 e.